The largest absolute Gasteiger partial charge is 0.508 e. The summed E-state index contributed by atoms with van der Waals surface area (Å²) in [4.78, 5) is 0. The second-order valence-electron chi connectivity index (χ2n) is 5.63. The Morgan fingerprint density at radius 3 is 2.35 bits per heavy atom. The summed E-state index contributed by atoms with van der Waals surface area (Å²) in [5, 5.41) is 20.2. The lowest BCUT2D eigenvalue weighted by Gasteiger charge is -2.23. The van der Waals surface area contributed by atoms with E-state index in [1.807, 2.05) is 24.3 Å². The minimum atomic E-state index is 0.227. The zero-order valence-corrected chi connectivity index (χ0v) is 11.5. The van der Waals surface area contributed by atoms with Gasteiger partial charge in [-0.2, -0.15) is 0 Å². The molecule has 0 heterocycles. The molecule has 1 aliphatic carbocycles. The van der Waals surface area contributed by atoms with Crippen molar-refractivity contribution in [1.82, 2.24) is 0 Å². The molecular weight excluding hydrogens is 248 g/mol. The van der Waals surface area contributed by atoms with E-state index in [1.165, 1.54) is 19.3 Å². The molecule has 0 saturated heterocycles. The van der Waals surface area contributed by atoms with Crippen LogP contribution in [-0.4, -0.2) is 10.2 Å². The van der Waals surface area contributed by atoms with Gasteiger partial charge < -0.3 is 10.2 Å². The molecule has 2 N–H and O–H groups in total. The molecule has 2 heteroatoms. The monoisotopic (exact) mass is 268 g/mol. The van der Waals surface area contributed by atoms with Crippen LogP contribution in [0.5, 0.6) is 11.5 Å². The summed E-state index contributed by atoms with van der Waals surface area (Å²) in [6.45, 7) is 0. The molecule has 0 amide bonds. The van der Waals surface area contributed by atoms with Gasteiger partial charge in [-0.05, 0) is 42.0 Å². The number of hydrogen-bond donors (Lipinski definition) is 2. The third-order valence-electron chi connectivity index (χ3n) is 4.27. The van der Waals surface area contributed by atoms with Gasteiger partial charge >= 0.3 is 0 Å². The topological polar surface area (TPSA) is 40.5 Å². The first-order valence-corrected chi connectivity index (χ1v) is 7.37. The third kappa shape index (κ3) is 2.51. The van der Waals surface area contributed by atoms with E-state index in [0.29, 0.717) is 11.7 Å². The van der Waals surface area contributed by atoms with Crippen molar-refractivity contribution in [3.8, 4) is 22.6 Å². The van der Waals surface area contributed by atoms with Crippen molar-refractivity contribution in [1.29, 1.82) is 0 Å². The van der Waals surface area contributed by atoms with Gasteiger partial charge in [0.2, 0.25) is 0 Å². The Kier molecular flexibility index (Phi) is 3.64. The average molecular weight is 268 g/mol. The van der Waals surface area contributed by atoms with Gasteiger partial charge in [-0.25, -0.2) is 0 Å². The number of phenolic OH excluding ortho intramolecular Hbond substituents is 2. The van der Waals surface area contributed by atoms with Crippen molar-refractivity contribution < 1.29 is 10.2 Å². The predicted molar refractivity (Wildman–Crippen MR) is 81.0 cm³/mol. The molecule has 20 heavy (non-hydrogen) atoms. The molecule has 0 atom stereocenters. The van der Waals surface area contributed by atoms with Crippen LogP contribution in [0.25, 0.3) is 11.1 Å². The Labute approximate surface area is 119 Å². The molecule has 0 spiro atoms. The van der Waals surface area contributed by atoms with Crippen LogP contribution >= 0.6 is 0 Å². The fourth-order valence-electron chi connectivity index (χ4n) is 3.21. The smallest absolute Gasteiger partial charge is 0.126 e. The van der Waals surface area contributed by atoms with Crippen molar-refractivity contribution >= 4 is 0 Å². The summed E-state index contributed by atoms with van der Waals surface area (Å²) < 4.78 is 0. The Morgan fingerprint density at radius 2 is 1.60 bits per heavy atom. The van der Waals surface area contributed by atoms with Crippen LogP contribution < -0.4 is 0 Å². The maximum Gasteiger partial charge on any atom is 0.126 e. The van der Waals surface area contributed by atoms with Crippen molar-refractivity contribution in [3.05, 3.63) is 48.0 Å². The maximum absolute atomic E-state index is 10.6. The molecule has 104 valence electrons. The van der Waals surface area contributed by atoms with Gasteiger partial charge in [-0.15, -0.1) is 0 Å². The fraction of sp³-hybridized carbons (Fsp3) is 0.333. The van der Waals surface area contributed by atoms with Crippen molar-refractivity contribution in [2.45, 2.75) is 38.0 Å². The number of para-hydroxylation sites is 1. The summed E-state index contributed by atoms with van der Waals surface area (Å²) in [5.41, 5.74) is 2.73. The van der Waals surface area contributed by atoms with E-state index < -0.39 is 0 Å². The van der Waals surface area contributed by atoms with Gasteiger partial charge in [0.25, 0.3) is 0 Å². The first-order chi connectivity index (χ1) is 9.75. The molecule has 3 rings (SSSR count). The Morgan fingerprint density at radius 1 is 0.850 bits per heavy atom. The van der Waals surface area contributed by atoms with E-state index in [2.05, 4.69) is 0 Å². The second kappa shape index (κ2) is 5.58. The van der Waals surface area contributed by atoms with E-state index in [1.54, 1.807) is 18.2 Å². The molecule has 0 aromatic heterocycles. The molecule has 1 fully saturated rings. The van der Waals surface area contributed by atoms with Gasteiger partial charge in [0.15, 0.2) is 0 Å². The summed E-state index contributed by atoms with van der Waals surface area (Å²) in [6.07, 6.45) is 6.14. The van der Waals surface area contributed by atoms with Gasteiger partial charge in [0.1, 0.15) is 11.5 Å². The summed E-state index contributed by atoms with van der Waals surface area (Å²) in [5.74, 6) is 1.08. The van der Waals surface area contributed by atoms with Crippen molar-refractivity contribution in [2.75, 3.05) is 0 Å². The first-order valence-electron chi connectivity index (χ1n) is 7.37. The highest BCUT2D eigenvalue weighted by Crippen LogP contribution is 2.41. The lowest BCUT2D eigenvalue weighted by atomic mass is 9.82. The van der Waals surface area contributed by atoms with E-state index in [0.717, 1.165) is 29.5 Å². The van der Waals surface area contributed by atoms with Crippen LogP contribution in [0.2, 0.25) is 0 Å². The van der Waals surface area contributed by atoms with Crippen LogP contribution in [0.1, 0.15) is 43.6 Å². The van der Waals surface area contributed by atoms with Crippen molar-refractivity contribution in [3.63, 3.8) is 0 Å². The van der Waals surface area contributed by atoms with Gasteiger partial charge in [0, 0.05) is 5.56 Å². The first kappa shape index (κ1) is 13.0. The fourth-order valence-corrected chi connectivity index (χ4v) is 3.21. The third-order valence-corrected chi connectivity index (χ3v) is 4.27. The van der Waals surface area contributed by atoms with Crippen LogP contribution in [-0.2, 0) is 0 Å². The second-order valence-corrected chi connectivity index (χ2v) is 5.63. The van der Waals surface area contributed by atoms with E-state index in [4.69, 9.17) is 0 Å². The number of benzene rings is 2. The summed E-state index contributed by atoms with van der Waals surface area (Å²) in [6, 6.07) is 13.0. The van der Waals surface area contributed by atoms with E-state index in [9.17, 15) is 10.2 Å². The zero-order valence-electron chi connectivity index (χ0n) is 11.5. The number of aromatic hydroxyl groups is 2. The normalized spacial score (nSPS) is 16.2. The number of hydrogen-bond acceptors (Lipinski definition) is 2. The lowest BCUT2D eigenvalue weighted by Crippen LogP contribution is -2.05. The molecule has 2 nitrogen and oxygen atoms in total. The van der Waals surface area contributed by atoms with Gasteiger partial charge in [-0.1, -0.05) is 49.6 Å². The molecular formula is C18H20O2. The molecule has 2 aromatic carbocycles. The summed E-state index contributed by atoms with van der Waals surface area (Å²) in [7, 11) is 0. The molecule has 0 bridgehead atoms. The Bertz CT molecular complexity index is 598. The average Bonchev–Trinajstić information content (AvgIpc) is 2.48. The highest BCUT2D eigenvalue weighted by Gasteiger charge is 2.20. The van der Waals surface area contributed by atoms with Gasteiger partial charge in [-0.3, -0.25) is 0 Å². The standard InChI is InChI=1S/C18H20O2/c19-15-9-4-8-14(12-15)17-11-5-10-16(18(17)20)13-6-2-1-3-7-13/h4-5,8-13,19-20H,1-3,6-7H2. The number of rotatable bonds is 2. The summed E-state index contributed by atoms with van der Waals surface area (Å²) >= 11 is 0. The van der Waals surface area contributed by atoms with Crippen LogP contribution in [0.15, 0.2) is 42.5 Å². The zero-order chi connectivity index (χ0) is 13.9. The molecule has 2 aromatic rings. The quantitative estimate of drug-likeness (QED) is 0.820. The molecule has 0 aliphatic heterocycles. The SMILES string of the molecule is Oc1cccc(-c2cccc(C3CCCCC3)c2O)c1. The van der Waals surface area contributed by atoms with Gasteiger partial charge in [0.05, 0.1) is 0 Å². The van der Waals surface area contributed by atoms with Crippen molar-refractivity contribution in [2.24, 2.45) is 0 Å². The molecule has 1 aliphatic rings. The molecule has 0 radical (unpaired) electrons. The highest BCUT2D eigenvalue weighted by atomic mass is 16.3. The highest BCUT2D eigenvalue weighted by molar-refractivity contribution is 5.73. The minimum absolute atomic E-state index is 0.227. The molecule has 0 unspecified atom stereocenters. The van der Waals surface area contributed by atoms with Crippen LogP contribution in [0.3, 0.4) is 0 Å². The minimum Gasteiger partial charge on any atom is -0.508 e. The van der Waals surface area contributed by atoms with E-state index >= 15 is 0 Å². The Hall–Kier alpha value is -1.96. The Balaban J connectivity index is 2.00. The van der Waals surface area contributed by atoms with Crippen LogP contribution in [0.4, 0.5) is 0 Å². The maximum atomic E-state index is 10.6. The van der Waals surface area contributed by atoms with E-state index in [-0.39, 0.29) is 5.75 Å². The van der Waals surface area contributed by atoms with Crippen LogP contribution in [0, 0.1) is 0 Å². The predicted octanol–water partition coefficient (Wildman–Crippen LogP) is 4.81. The molecule has 1 saturated carbocycles. The number of phenols is 2. The lowest BCUT2D eigenvalue weighted by molar-refractivity contribution is 0.415.